The Labute approximate surface area is 120 Å². The Kier molecular flexibility index (Phi) is 3.86. The largest absolute Gasteiger partial charge is 0.306 e. The summed E-state index contributed by atoms with van der Waals surface area (Å²) in [6.07, 6.45) is 4.09. The number of rotatable bonds is 4. The molecule has 104 valence electrons. The van der Waals surface area contributed by atoms with Crippen molar-refractivity contribution in [2.45, 2.75) is 58.4 Å². The van der Waals surface area contributed by atoms with Crippen molar-refractivity contribution in [2.24, 2.45) is 0 Å². The van der Waals surface area contributed by atoms with Crippen molar-refractivity contribution in [3.63, 3.8) is 0 Å². The number of nitrogens with zero attached hydrogens (tertiary/aromatic N) is 3. The van der Waals surface area contributed by atoms with Gasteiger partial charge < -0.3 is 4.57 Å². The molecular formula is C15H22ClN3. The number of halogens is 1. The molecule has 2 aromatic rings. The lowest BCUT2D eigenvalue weighted by atomic mass is 9.98. The normalized spacial score (nSPS) is 14.0. The summed E-state index contributed by atoms with van der Waals surface area (Å²) in [7, 11) is 0. The van der Waals surface area contributed by atoms with Crippen molar-refractivity contribution in [3.05, 3.63) is 23.7 Å². The van der Waals surface area contributed by atoms with Crippen LogP contribution in [0.2, 0.25) is 0 Å². The van der Waals surface area contributed by atoms with E-state index >= 15 is 0 Å². The number of imidazole rings is 1. The molecule has 0 aliphatic rings. The first-order valence-corrected chi connectivity index (χ1v) is 7.30. The SMILES string of the molecule is CCCC(C)(C)n1c(C(C)Cl)nc2cc(C)cnc21. The van der Waals surface area contributed by atoms with Crippen LogP contribution in [-0.2, 0) is 5.54 Å². The molecule has 1 atom stereocenters. The van der Waals surface area contributed by atoms with Crippen LogP contribution in [0.4, 0.5) is 0 Å². The molecule has 19 heavy (non-hydrogen) atoms. The Morgan fingerprint density at radius 3 is 2.68 bits per heavy atom. The van der Waals surface area contributed by atoms with Crippen LogP contribution in [0.25, 0.3) is 11.2 Å². The molecule has 2 heterocycles. The minimum atomic E-state index is -0.120. The second-order valence-corrected chi connectivity index (χ2v) is 6.49. The number of hydrogen-bond acceptors (Lipinski definition) is 2. The third-order valence-electron chi connectivity index (χ3n) is 3.48. The van der Waals surface area contributed by atoms with Crippen LogP contribution >= 0.6 is 11.6 Å². The average Bonchev–Trinajstić information content (AvgIpc) is 2.67. The molecule has 0 aromatic carbocycles. The maximum atomic E-state index is 6.31. The third kappa shape index (κ3) is 2.62. The predicted octanol–water partition coefficient (Wildman–Crippen LogP) is 4.57. The van der Waals surface area contributed by atoms with Crippen LogP contribution in [0.3, 0.4) is 0 Å². The smallest absolute Gasteiger partial charge is 0.160 e. The van der Waals surface area contributed by atoms with Crippen LogP contribution in [-0.4, -0.2) is 14.5 Å². The second kappa shape index (κ2) is 5.12. The van der Waals surface area contributed by atoms with Gasteiger partial charge in [0.05, 0.1) is 5.38 Å². The maximum absolute atomic E-state index is 6.31. The number of alkyl halides is 1. The van der Waals surface area contributed by atoms with Gasteiger partial charge in [-0.2, -0.15) is 0 Å². The van der Waals surface area contributed by atoms with Crippen molar-refractivity contribution in [2.75, 3.05) is 0 Å². The topological polar surface area (TPSA) is 30.7 Å². The summed E-state index contributed by atoms with van der Waals surface area (Å²) in [5.41, 5.74) is 2.97. The summed E-state index contributed by atoms with van der Waals surface area (Å²) in [4.78, 5) is 9.26. The molecule has 0 N–H and O–H groups in total. The lowest BCUT2D eigenvalue weighted by Crippen LogP contribution is -2.28. The zero-order chi connectivity index (χ0) is 14.2. The van der Waals surface area contributed by atoms with Gasteiger partial charge in [-0.15, -0.1) is 11.6 Å². The molecule has 0 amide bonds. The molecular weight excluding hydrogens is 258 g/mol. The summed E-state index contributed by atoms with van der Waals surface area (Å²) >= 11 is 6.31. The molecule has 4 heteroatoms. The van der Waals surface area contributed by atoms with Gasteiger partial charge in [0.25, 0.3) is 0 Å². The van der Waals surface area contributed by atoms with Crippen LogP contribution < -0.4 is 0 Å². The summed E-state index contributed by atoms with van der Waals surface area (Å²) in [5, 5.41) is -0.120. The summed E-state index contributed by atoms with van der Waals surface area (Å²) in [6.45, 7) is 10.6. The van der Waals surface area contributed by atoms with Crippen molar-refractivity contribution in [1.29, 1.82) is 0 Å². The van der Waals surface area contributed by atoms with E-state index in [2.05, 4.69) is 36.4 Å². The Balaban J connectivity index is 2.72. The predicted molar refractivity (Wildman–Crippen MR) is 80.8 cm³/mol. The van der Waals surface area contributed by atoms with E-state index in [4.69, 9.17) is 16.6 Å². The van der Waals surface area contributed by atoms with E-state index in [0.29, 0.717) is 0 Å². The van der Waals surface area contributed by atoms with Gasteiger partial charge in [-0.25, -0.2) is 9.97 Å². The first-order valence-electron chi connectivity index (χ1n) is 6.86. The van der Waals surface area contributed by atoms with Crippen LogP contribution in [0, 0.1) is 6.92 Å². The van der Waals surface area contributed by atoms with Gasteiger partial charge >= 0.3 is 0 Å². The number of aryl methyl sites for hydroxylation is 1. The van der Waals surface area contributed by atoms with Gasteiger partial charge in [0.2, 0.25) is 0 Å². The van der Waals surface area contributed by atoms with E-state index in [0.717, 1.165) is 35.4 Å². The van der Waals surface area contributed by atoms with E-state index < -0.39 is 0 Å². The fourth-order valence-electron chi connectivity index (χ4n) is 2.67. The Hall–Kier alpha value is -1.09. The fraction of sp³-hybridized carbons (Fsp3) is 0.600. The molecule has 2 rings (SSSR count). The average molecular weight is 280 g/mol. The summed E-state index contributed by atoms with van der Waals surface area (Å²) < 4.78 is 2.21. The molecule has 2 aromatic heterocycles. The number of pyridine rings is 1. The zero-order valence-corrected chi connectivity index (χ0v) is 13.1. The minimum absolute atomic E-state index is 0.0236. The van der Waals surface area contributed by atoms with Crippen molar-refractivity contribution >= 4 is 22.8 Å². The Morgan fingerprint density at radius 1 is 1.42 bits per heavy atom. The maximum Gasteiger partial charge on any atom is 0.160 e. The first kappa shape index (κ1) is 14.3. The highest BCUT2D eigenvalue weighted by molar-refractivity contribution is 6.20. The van der Waals surface area contributed by atoms with Crippen molar-refractivity contribution in [3.8, 4) is 0 Å². The lowest BCUT2D eigenvalue weighted by molar-refractivity contribution is 0.322. The molecule has 0 aliphatic carbocycles. The monoisotopic (exact) mass is 279 g/mol. The van der Waals surface area contributed by atoms with Crippen molar-refractivity contribution in [1.82, 2.24) is 14.5 Å². The number of fused-ring (bicyclic) bond motifs is 1. The highest BCUT2D eigenvalue weighted by Crippen LogP contribution is 2.32. The lowest BCUT2D eigenvalue weighted by Gasteiger charge is -2.29. The molecule has 0 saturated carbocycles. The zero-order valence-electron chi connectivity index (χ0n) is 12.4. The highest BCUT2D eigenvalue weighted by Gasteiger charge is 2.27. The van der Waals surface area contributed by atoms with Gasteiger partial charge in [0.15, 0.2) is 5.65 Å². The Morgan fingerprint density at radius 2 is 2.11 bits per heavy atom. The van der Waals surface area contributed by atoms with Crippen molar-refractivity contribution < 1.29 is 0 Å². The number of aromatic nitrogens is 3. The van der Waals surface area contributed by atoms with Crippen LogP contribution in [0.15, 0.2) is 12.3 Å². The molecule has 0 bridgehead atoms. The van der Waals surface area contributed by atoms with Gasteiger partial charge in [-0.1, -0.05) is 13.3 Å². The summed E-state index contributed by atoms with van der Waals surface area (Å²) in [5.74, 6) is 0.910. The molecule has 0 radical (unpaired) electrons. The highest BCUT2D eigenvalue weighted by atomic mass is 35.5. The van der Waals surface area contributed by atoms with Gasteiger partial charge in [0.1, 0.15) is 11.3 Å². The fourth-order valence-corrected chi connectivity index (χ4v) is 2.82. The van der Waals surface area contributed by atoms with Gasteiger partial charge in [0, 0.05) is 11.7 Å². The number of hydrogen-bond donors (Lipinski definition) is 0. The second-order valence-electron chi connectivity index (χ2n) is 5.84. The molecule has 0 aliphatic heterocycles. The quantitative estimate of drug-likeness (QED) is 0.767. The van der Waals surface area contributed by atoms with E-state index in [1.165, 1.54) is 0 Å². The van der Waals surface area contributed by atoms with E-state index in [1.807, 2.05) is 20.0 Å². The van der Waals surface area contributed by atoms with Crippen LogP contribution in [0.1, 0.15) is 57.3 Å². The first-order chi connectivity index (χ1) is 8.86. The molecule has 0 fully saturated rings. The van der Waals surface area contributed by atoms with E-state index in [9.17, 15) is 0 Å². The van der Waals surface area contributed by atoms with E-state index in [1.54, 1.807) is 0 Å². The molecule has 0 spiro atoms. The molecule has 1 unspecified atom stereocenters. The third-order valence-corrected chi connectivity index (χ3v) is 3.68. The van der Waals surface area contributed by atoms with Gasteiger partial charge in [-0.05, 0) is 45.7 Å². The minimum Gasteiger partial charge on any atom is -0.306 e. The van der Waals surface area contributed by atoms with Crippen LogP contribution in [0.5, 0.6) is 0 Å². The van der Waals surface area contributed by atoms with E-state index in [-0.39, 0.29) is 10.9 Å². The summed E-state index contributed by atoms with van der Waals surface area (Å²) in [6, 6.07) is 2.07. The molecule has 0 saturated heterocycles. The Bertz CT molecular complexity index is 584. The standard InChI is InChI=1S/C15H22ClN3/c1-6-7-15(4,5)19-13(11(3)16)18-12-8-10(2)9-17-14(12)19/h8-9,11H,6-7H2,1-5H3. The van der Waals surface area contributed by atoms with Gasteiger partial charge in [-0.3, -0.25) is 0 Å². The molecule has 3 nitrogen and oxygen atoms in total.